The van der Waals surface area contributed by atoms with Crippen LogP contribution in [0.1, 0.15) is 6.92 Å². The zero-order valence-electron chi connectivity index (χ0n) is 6.35. The van der Waals surface area contributed by atoms with E-state index in [-0.39, 0.29) is 6.92 Å². The molecular formula is C6H5F7. The maximum Gasteiger partial charge on any atom is 0.415 e. The van der Waals surface area contributed by atoms with Crippen molar-refractivity contribution in [2.75, 3.05) is 6.67 Å². The van der Waals surface area contributed by atoms with Gasteiger partial charge in [-0.05, 0) is 6.92 Å². The minimum absolute atomic E-state index is 0.197. The molecule has 0 rings (SSSR count). The molecule has 78 valence electrons. The third kappa shape index (κ3) is 3.23. The van der Waals surface area contributed by atoms with Crippen LogP contribution in [0.15, 0.2) is 11.1 Å². The second-order valence-corrected chi connectivity index (χ2v) is 2.23. The molecule has 0 spiro atoms. The van der Waals surface area contributed by atoms with Crippen molar-refractivity contribution in [3.05, 3.63) is 11.1 Å². The van der Waals surface area contributed by atoms with E-state index < -0.39 is 30.2 Å². The lowest BCUT2D eigenvalue weighted by atomic mass is 10.1. The van der Waals surface area contributed by atoms with Gasteiger partial charge in [0.1, 0.15) is 6.67 Å². The molecule has 0 nitrogen and oxygen atoms in total. The summed E-state index contributed by atoms with van der Waals surface area (Å²) in [6.45, 7) is -1.97. The molecule has 0 fully saturated rings. The minimum atomic E-state index is -5.27. The Morgan fingerprint density at radius 1 is 0.923 bits per heavy atom. The van der Waals surface area contributed by atoms with Crippen molar-refractivity contribution >= 4 is 0 Å². The Kier molecular flexibility index (Phi) is 3.34. The third-order valence-corrected chi connectivity index (χ3v) is 1.35. The Balaban J connectivity index is 5.16. The highest BCUT2D eigenvalue weighted by atomic mass is 19.4. The molecule has 0 N–H and O–H groups in total. The maximum absolute atomic E-state index is 11.7. The van der Waals surface area contributed by atoms with Crippen molar-refractivity contribution in [3.63, 3.8) is 0 Å². The summed E-state index contributed by atoms with van der Waals surface area (Å²) in [5, 5.41) is 0. The normalized spacial score (nSPS) is 15.7. The molecule has 0 unspecified atom stereocenters. The first-order valence-electron chi connectivity index (χ1n) is 3.00. The van der Waals surface area contributed by atoms with Crippen LogP contribution >= 0.6 is 0 Å². The topological polar surface area (TPSA) is 0 Å². The lowest BCUT2D eigenvalue weighted by molar-refractivity contribution is -0.117. The van der Waals surface area contributed by atoms with E-state index in [0.29, 0.717) is 0 Å². The van der Waals surface area contributed by atoms with E-state index in [0.717, 1.165) is 0 Å². The fourth-order valence-corrected chi connectivity index (χ4v) is 0.560. The number of hydrogen-bond acceptors (Lipinski definition) is 0. The van der Waals surface area contributed by atoms with Gasteiger partial charge in [0.05, 0.1) is 5.57 Å². The summed E-state index contributed by atoms with van der Waals surface area (Å²) < 4.78 is 81.8. The first kappa shape index (κ1) is 12.2. The first-order chi connectivity index (χ1) is 5.60. The monoisotopic (exact) mass is 210 g/mol. The van der Waals surface area contributed by atoms with Crippen molar-refractivity contribution in [2.45, 2.75) is 19.3 Å². The van der Waals surface area contributed by atoms with Crippen LogP contribution in [0, 0.1) is 0 Å². The van der Waals surface area contributed by atoms with Crippen LogP contribution < -0.4 is 0 Å². The highest BCUT2D eigenvalue weighted by Crippen LogP contribution is 2.35. The predicted molar refractivity (Wildman–Crippen MR) is 30.8 cm³/mol. The molecule has 0 heterocycles. The summed E-state index contributed by atoms with van der Waals surface area (Å²) in [7, 11) is 0. The number of hydrogen-bond donors (Lipinski definition) is 0. The molecule has 0 saturated heterocycles. The Morgan fingerprint density at radius 2 is 1.31 bits per heavy atom. The Bertz CT molecular complexity index is 206. The summed E-state index contributed by atoms with van der Waals surface area (Å²) in [6, 6.07) is 0. The van der Waals surface area contributed by atoms with Gasteiger partial charge >= 0.3 is 12.4 Å². The van der Waals surface area contributed by atoms with Gasteiger partial charge in [-0.25, -0.2) is 4.39 Å². The van der Waals surface area contributed by atoms with Gasteiger partial charge in [-0.1, -0.05) is 0 Å². The summed E-state index contributed by atoms with van der Waals surface area (Å²) in [6.07, 6.45) is -10.4. The van der Waals surface area contributed by atoms with E-state index >= 15 is 0 Å². The van der Waals surface area contributed by atoms with Crippen molar-refractivity contribution in [2.24, 2.45) is 0 Å². The molecule has 0 aliphatic heterocycles. The average Bonchev–Trinajstić information content (AvgIpc) is 1.83. The number of rotatable bonds is 1. The van der Waals surface area contributed by atoms with Crippen LogP contribution in [-0.4, -0.2) is 19.0 Å². The summed E-state index contributed by atoms with van der Waals surface area (Å²) >= 11 is 0. The molecular weight excluding hydrogens is 205 g/mol. The van der Waals surface area contributed by atoms with E-state index in [2.05, 4.69) is 0 Å². The summed E-state index contributed by atoms with van der Waals surface area (Å²) in [4.78, 5) is 0. The second kappa shape index (κ2) is 3.55. The van der Waals surface area contributed by atoms with Crippen molar-refractivity contribution < 1.29 is 30.7 Å². The lowest BCUT2D eigenvalue weighted by Crippen LogP contribution is -2.22. The fourth-order valence-electron chi connectivity index (χ4n) is 0.560. The maximum atomic E-state index is 11.7. The molecule has 13 heavy (non-hydrogen) atoms. The molecule has 0 atom stereocenters. The van der Waals surface area contributed by atoms with Gasteiger partial charge in [-0.3, -0.25) is 0 Å². The number of halogens is 7. The highest BCUT2D eigenvalue weighted by Gasteiger charge is 2.42. The van der Waals surface area contributed by atoms with Crippen LogP contribution in [0.3, 0.4) is 0 Å². The van der Waals surface area contributed by atoms with Gasteiger partial charge in [0.15, 0.2) is 0 Å². The number of alkyl halides is 7. The molecule has 0 aromatic heterocycles. The molecule has 0 aromatic carbocycles. The average molecular weight is 210 g/mol. The smallest absolute Gasteiger partial charge is 0.246 e. The van der Waals surface area contributed by atoms with E-state index in [1.807, 2.05) is 0 Å². The molecule has 0 aliphatic carbocycles. The van der Waals surface area contributed by atoms with Crippen LogP contribution in [0.2, 0.25) is 0 Å². The largest absolute Gasteiger partial charge is 0.415 e. The van der Waals surface area contributed by atoms with Gasteiger partial charge < -0.3 is 0 Å². The SMILES string of the molecule is C/C(=C(\CF)C(F)(F)F)C(F)(F)F. The van der Waals surface area contributed by atoms with Crippen molar-refractivity contribution in [1.82, 2.24) is 0 Å². The van der Waals surface area contributed by atoms with E-state index in [4.69, 9.17) is 0 Å². The number of allylic oxidation sites excluding steroid dienone is 2. The van der Waals surface area contributed by atoms with E-state index in [9.17, 15) is 30.7 Å². The molecule has 0 saturated carbocycles. The van der Waals surface area contributed by atoms with Gasteiger partial charge in [0.2, 0.25) is 0 Å². The van der Waals surface area contributed by atoms with Crippen molar-refractivity contribution in [3.8, 4) is 0 Å². The van der Waals surface area contributed by atoms with Gasteiger partial charge in [0, 0.05) is 5.57 Å². The second-order valence-electron chi connectivity index (χ2n) is 2.23. The van der Waals surface area contributed by atoms with Gasteiger partial charge in [-0.2, -0.15) is 26.3 Å². The molecule has 0 radical (unpaired) electrons. The molecule has 0 aromatic rings. The molecule has 7 heteroatoms. The Hall–Kier alpha value is -0.750. The fraction of sp³-hybridized carbons (Fsp3) is 0.667. The minimum Gasteiger partial charge on any atom is -0.246 e. The zero-order chi connectivity index (χ0) is 10.9. The van der Waals surface area contributed by atoms with Crippen molar-refractivity contribution in [1.29, 1.82) is 0 Å². The highest BCUT2D eigenvalue weighted by molar-refractivity contribution is 5.21. The lowest BCUT2D eigenvalue weighted by Gasteiger charge is -2.14. The van der Waals surface area contributed by atoms with Crippen LogP contribution in [0.4, 0.5) is 30.7 Å². The van der Waals surface area contributed by atoms with Crippen LogP contribution in [0.5, 0.6) is 0 Å². The molecule has 0 amide bonds. The quantitative estimate of drug-likeness (QED) is 0.459. The standard InChI is InChI=1S/C6H5F7/c1-3(5(8,9)10)4(2-7)6(11,12)13/h2H2,1H3/b4-3-. The van der Waals surface area contributed by atoms with Crippen LogP contribution in [-0.2, 0) is 0 Å². The first-order valence-corrected chi connectivity index (χ1v) is 3.00. The predicted octanol–water partition coefficient (Wildman–Crippen LogP) is 3.40. The third-order valence-electron chi connectivity index (χ3n) is 1.35. The van der Waals surface area contributed by atoms with E-state index in [1.54, 1.807) is 0 Å². The van der Waals surface area contributed by atoms with E-state index in [1.165, 1.54) is 0 Å². The molecule has 0 aliphatic rings. The van der Waals surface area contributed by atoms with Gasteiger partial charge in [-0.15, -0.1) is 0 Å². The summed E-state index contributed by atoms with van der Waals surface area (Å²) in [5.41, 5.74) is -4.12. The Morgan fingerprint density at radius 3 is 1.38 bits per heavy atom. The Labute approximate surface area is 69.0 Å². The molecule has 0 bridgehead atoms. The summed E-state index contributed by atoms with van der Waals surface area (Å²) in [5.74, 6) is 0. The van der Waals surface area contributed by atoms with Gasteiger partial charge in [0.25, 0.3) is 0 Å². The zero-order valence-corrected chi connectivity index (χ0v) is 6.35. The van der Waals surface area contributed by atoms with Crippen LogP contribution in [0.25, 0.3) is 0 Å².